The van der Waals surface area contributed by atoms with E-state index in [-0.39, 0.29) is 5.91 Å². The zero-order valence-corrected chi connectivity index (χ0v) is 13.0. The van der Waals surface area contributed by atoms with E-state index in [4.69, 9.17) is 4.74 Å². The predicted octanol–water partition coefficient (Wildman–Crippen LogP) is 4.41. The first-order valence-corrected chi connectivity index (χ1v) is 7.20. The van der Waals surface area contributed by atoms with Crippen molar-refractivity contribution in [3.8, 4) is 5.75 Å². The fraction of sp³-hybridized carbons (Fsp3) is 0.188. The fourth-order valence-electron chi connectivity index (χ4n) is 1.79. The van der Waals surface area contributed by atoms with Gasteiger partial charge in [0.1, 0.15) is 5.75 Å². The molecular weight excluding hydrogens is 318 g/mol. The van der Waals surface area contributed by atoms with E-state index in [1.54, 1.807) is 6.07 Å². The summed E-state index contributed by atoms with van der Waals surface area (Å²) in [6.45, 7) is 4.52. The number of benzene rings is 2. The number of anilines is 1. The highest BCUT2D eigenvalue weighted by Gasteiger charge is 2.07. The van der Waals surface area contributed by atoms with E-state index in [0.29, 0.717) is 12.2 Å². The van der Waals surface area contributed by atoms with Crippen LogP contribution in [0.4, 0.5) is 5.69 Å². The second-order valence-electron chi connectivity index (χ2n) is 4.38. The highest BCUT2D eigenvalue weighted by atomic mass is 79.9. The summed E-state index contributed by atoms with van der Waals surface area (Å²) in [4.78, 5) is 12.1. The van der Waals surface area contributed by atoms with Gasteiger partial charge < -0.3 is 10.1 Å². The third-order valence-corrected chi connectivity index (χ3v) is 3.73. The minimum Gasteiger partial charge on any atom is -0.494 e. The minimum atomic E-state index is -0.121. The summed E-state index contributed by atoms with van der Waals surface area (Å²) in [6.07, 6.45) is 0. The summed E-state index contributed by atoms with van der Waals surface area (Å²) >= 11 is 3.42. The first-order chi connectivity index (χ1) is 9.60. The van der Waals surface area contributed by atoms with Gasteiger partial charge in [-0.05, 0) is 61.9 Å². The molecule has 2 aromatic carbocycles. The first-order valence-electron chi connectivity index (χ1n) is 6.40. The minimum absolute atomic E-state index is 0.121. The molecule has 0 heterocycles. The van der Waals surface area contributed by atoms with Crippen molar-refractivity contribution in [2.75, 3.05) is 11.9 Å². The van der Waals surface area contributed by atoms with Gasteiger partial charge in [0.15, 0.2) is 0 Å². The number of carbonyl (C=O) groups excluding carboxylic acids is 1. The average Bonchev–Trinajstić information content (AvgIpc) is 2.44. The van der Waals surface area contributed by atoms with Crippen LogP contribution in [0.25, 0.3) is 0 Å². The molecule has 0 radical (unpaired) electrons. The zero-order valence-electron chi connectivity index (χ0n) is 11.4. The van der Waals surface area contributed by atoms with E-state index in [1.807, 2.05) is 50.2 Å². The van der Waals surface area contributed by atoms with Gasteiger partial charge in [0.05, 0.1) is 6.61 Å². The van der Waals surface area contributed by atoms with Crippen molar-refractivity contribution in [3.63, 3.8) is 0 Å². The number of hydrogen-bond donors (Lipinski definition) is 1. The molecule has 4 heteroatoms. The van der Waals surface area contributed by atoms with Gasteiger partial charge in [-0.15, -0.1) is 0 Å². The Balaban J connectivity index is 2.08. The molecule has 0 saturated carbocycles. The third kappa shape index (κ3) is 3.61. The second kappa shape index (κ2) is 6.57. The number of hydrogen-bond acceptors (Lipinski definition) is 2. The van der Waals surface area contributed by atoms with Gasteiger partial charge >= 0.3 is 0 Å². The van der Waals surface area contributed by atoms with E-state index in [1.165, 1.54) is 0 Å². The van der Waals surface area contributed by atoms with Crippen molar-refractivity contribution >= 4 is 27.5 Å². The van der Waals surface area contributed by atoms with Crippen LogP contribution in [-0.2, 0) is 0 Å². The van der Waals surface area contributed by atoms with Gasteiger partial charge in [-0.25, -0.2) is 0 Å². The SMILES string of the molecule is CCOc1ccc(NC(=O)c2ccc(Br)c(C)c2)cc1. The molecule has 3 nitrogen and oxygen atoms in total. The first kappa shape index (κ1) is 14.6. The molecule has 0 atom stereocenters. The largest absolute Gasteiger partial charge is 0.494 e. The zero-order chi connectivity index (χ0) is 14.5. The number of ether oxygens (including phenoxy) is 1. The molecule has 104 valence electrons. The van der Waals surface area contributed by atoms with Gasteiger partial charge in [0, 0.05) is 15.7 Å². The fourth-order valence-corrected chi connectivity index (χ4v) is 2.04. The molecule has 0 aliphatic heterocycles. The van der Waals surface area contributed by atoms with Crippen LogP contribution in [-0.4, -0.2) is 12.5 Å². The monoisotopic (exact) mass is 333 g/mol. The summed E-state index contributed by atoms with van der Waals surface area (Å²) in [5, 5.41) is 2.86. The van der Waals surface area contributed by atoms with Crippen molar-refractivity contribution in [2.24, 2.45) is 0 Å². The highest BCUT2D eigenvalue weighted by Crippen LogP contribution is 2.19. The lowest BCUT2D eigenvalue weighted by atomic mass is 10.1. The maximum Gasteiger partial charge on any atom is 0.255 e. The predicted molar refractivity (Wildman–Crippen MR) is 84.4 cm³/mol. The molecule has 2 rings (SSSR count). The second-order valence-corrected chi connectivity index (χ2v) is 5.23. The van der Waals surface area contributed by atoms with Crippen molar-refractivity contribution in [2.45, 2.75) is 13.8 Å². The molecule has 0 bridgehead atoms. The van der Waals surface area contributed by atoms with Crippen LogP contribution in [0.2, 0.25) is 0 Å². The molecule has 1 amide bonds. The maximum absolute atomic E-state index is 12.1. The molecule has 0 aliphatic carbocycles. The summed E-state index contributed by atoms with van der Waals surface area (Å²) < 4.78 is 6.36. The number of halogens is 1. The molecular formula is C16H16BrNO2. The van der Waals surface area contributed by atoms with Crippen molar-refractivity contribution in [1.82, 2.24) is 0 Å². The van der Waals surface area contributed by atoms with Crippen LogP contribution in [0.1, 0.15) is 22.8 Å². The molecule has 20 heavy (non-hydrogen) atoms. The molecule has 0 aromatic heterocycles. The average molecular weight is 334 g/mol. The molecule has 0 aliphatic rings. The standard InChI is InChI=1S/C16H16BrNO2/c1-3-20-14-7-5-13(6-8-14)18-16(19)12-4-9-15(17)11(2)10-12/h4-10H,3H2,1-2H3,(H,18,19). The van der Waals surface area contributed by atoms with Crippen LogP contribution in [0.3, 0.4) is 0 Å². The molecule has 0 saturated heterocycles. The highest BCUT2D eigenvalue weighted by molar-refractivity contribution is 9.10. The summed E-state index contributed by atoms with van der Waals surface area (Å²) in [7, 11) is 0. The number of aryl methyl sites for hydroxylation is 1. The van der Waals surface area contributed by atoms with Crippen molar-refractivity contribution < 1.29 is 9.53 Å². The molecule has 1 N–H and O–H groups in total. The van der Waals surface area contributed by atoms with Crippen molar-refractivity contribution in [1.29, 1.82) is 0 Å². The third-order valence-electron chi connectivity index (χ3n) is 2.84. The van der Waals surface area contributed by atoms with E-state index in [0.717, 1.165) is 21.5 Å². The van der Waals surface area contributed by atoms with Crippen LogP contribution >= 0.6 is 15.9 Å². The van der Waals surface area contributed by atoms with Gasteiger partial charge in [0.25, 0.3) is 5.91 Å². The number of nitrogens with one attached hydrogen (secondary N) is 1. The van der Waals surface area contributed by atoms with Crippen LogP contribution in [0.5, 0.6) is 5.75 Å². The smallest absolute Gasteiger partial charge is 0.255 e. The lowest BCUT2D eigenvalue weighted by molar-refractivity contribution is 0.102. The quantitative estimate of drug-likeness (QED) is 0.899. The number of carbonyl (C=O) groups is 1. The Morgan fingerprint density at radius 2 is 1.90 bits per heavy atom. The Hall–Kier alpha value is -1.81. The van der Waals surface area contributed by atoms with Crippen LogP contribution in [0.15, 0.2) is 46.9 Å². The lowest BCUT2D eigenvalue weighted by Gasteiger charge is -2.08. The molecule has 0 spiro atoms. The van der Waals surface area contributed by atoms with E-state index in [9.17, 15) is 4.79 Å². The summed E-state index contributed by atoms with van der Waals surface area (Å²) in [6, 6.07) is 12.9. The van der Waals surface area contributed by atoms with Gasteiger partial charge in [-0.2, -0.15) is 0 Å². The van der Waals surface area contributed by atoms with E-state index < -0.39 is 0 Å². The van der Waals surface area contributed by atoms with Crippen molar-refractivity contribution in [3.05, 3.63) is 58.1 Å². The Morgan fingerprint density at radius 1 is 1.20 bits per heavy atom. The summed E-state index contributed by atoms with van der Waals surface area (Å²) in [5.41, 5.74) is 2.42. The maximum atomic E-state index is 12.1. The Morgan fingerprint density at radius 3 is 2.50 bits per heavy atom. The number of amides is 1. The van der Waals surface area contributed by atoms with E-state index >= 15 is 0 Å². The molecule has 2 aromatic rings. The lowest BCUT2D eigenvalue weighted by Crippen LogP contribution is -2.12. The Bertz CT molecular complexity index is 608. The topological polar surface area (TPSA) is 38.3 Å². The van der Waals surface area contributed by atoms with E-state index in [2.05, 4.69) is 21.2 Å². The Kier molecular flexibility index (Phi) is 4.79. The molecule has 0 unspecified atom stereocenters. The number of rotatable bonds is 4. The normalized spacial score (nSPS) is 10.2. The molecule has 0 fully saturated rings. The Labute approximate surface area is 127 Å². The van der Waals surface area contributed by atoms with Crippen LogP contribution < -0.4 is 10.1 Å². The van der Waals surface area contributed by atoms with Gasteiger partial charge in [-0.1, -0.05) is 15.9 Å². The van der Waals surface area contributed by atoms with Gasteiger partial charge in [-0.3, -0.25) is 4.79 Å². The summed E-state index contributed by atoms with van der Waals surface area (Å²) in [5.74, 6) is 0.676. The van der Waals surface area contributed by atoms with Gasteiger partial charge in [0.2, 0.25) is 0 Å². The van der Waals surface area contributed by atoms with Crippen LogP contribution in [0, 0.1) is 6.92 Å².